The fourth-order valence-electron chi connectivity index (χ4n) is 2.76. The highest BCUT2D eigenvalue weighted by Crippen LogP contribution is 2.20. The first-order valence-electron chi connectivity index (χ1n) is 9.38. The first-order chi connectivity index (χ1) is 11.9. The molecule has 0 spiro atoms. The van der Waals surface area contributed by atoms with Crippen LogP contribution in [-0.4, -0.2) is 38.5 Å². The third kappa shape index (κ3) is 7.12. The molecule has 0 aliphatic rings. The molecule has 0 radical (unpaired) electrons. The van der Waals surface area contributed by atoms with Crippen molar-refractivity contribution >= 4 is 5.97 Å². The predicted molar refractivity (Wildman–Crippen MR) is 95.1 cm³/mol. The smallest absolute Gasteiger partial charge is 0.326 e. The van der Waals surface area contributed by atoms with E-state index >= 15 is 0 Å². The van der Waals surface area contributed by atoms with Gasteiger partial charge in [-0.25, -0.2) is 0 Å². The molecule has 2 atom stereocenters. The van der Waals surface area contributed by atoms with E-state index in [1.807, 2.05) is 0 Å². The molecule has 1 heterocycles. The fraction of sp³-hybridized carbons (Fsp3) is 0.833. The molecule has 1 aromatic heterocycles. The van der Waals surface area contributed by atoms with E-state index in [9.17, 15) is 9.90 Å². The van der Waals surface area contributed by atoms with Crippen molar-refractivity contribution in [3.05, 3.63) is 11.8 Å². The van der Waals surface area contributed by atoms with Crippen LogP contribution >= 0.6 is 0 Å². The van der Waals surface area contributed by atoms with Gasteiger partial charge in [0.1, 0.15) is 5.54 Å². The summed E-state index contributed by atoms with van der Waals surface area (Å²) in [5, 5.41) is 26.5. The van der Waals surface area contributed by atoms with Crippen molar-refractivity contribution in [1.29, 1.82) is 0 Å². The second-order valence-corrected chi connectivity index (χ2v) is 6.90. The Bertz CT molecular complexity index is 506. The minimum absolute atomic E-state index is 0.409. The van der Waals surface area contributed by atoms with E-state index in [0.29, 0.717) is 24.6 Å². The maximum Gasteiger partial charge on any atom is 0.326 e. The number of nitrogens with zero attached hydrogens (tertiary/aromatic N) is 2. The molecular weight excluding hydrogens is 322 g/mol. The van der Waals surface area contributed by atoms with Crippen LogP contribution in [0.1, 0.15) is 77.0 Å². The Balaban J connectivity index is 2.30. The number of aryl methyl sites for hydroxylation is 2. The maximum absolute atomic E-state index is 11.2. The first kappa shape index (κ1) is 21.6. The largest absolute Gasteiger partial charge is 0.480 e. The first-order valence-corrected chi connectivity index (χ1v) is 9.38. The fourth-order valence-corrected chi connectivity index (χ4v) is 2.76. The van der Waals surface area contributed by atoms with E-state index in [-0.39, 0.29) is 0 Å². The van der Waals surface area contributed by atoms with Crippen LogP contribution in [0.25, 0.3) is 0 Å². The van der Waals surface area contributed by atoms with Gasteiger partial charge in [-0.15, -0.1) is 10.2 Å². The van der Waals surface area contributed by atoms with Gasteiger partial charge in [0.2, 0.25) is 11.8 Å². The number of hydrogen-bond donors (Lipinski definition) is 3. The molecule has 1 aromatic rings. The van der Waals surface area contributed by atoms with Gasteiger partial charge in [-0.3, -0.25) is 4.79 Å². The number of rotatable bonds is 14. The lowest BCUT2D eigenvalue weighted by molar-refractivity contribution is -0.147. The standard InChI is InChI=1S/C18H33N3O4/c1-3-4-5-6-7-8-9-10-15-20-21-16(25-15)12-11-14(2)18(19,13-22)17(23)24/h14,22H,3-13,19H2,1-2H3,(H,23,24). The van der Waals surface area contributed by atoms with Gasteiger partial charge in [0, 0.05) is 12.8 Å². The van der Waals surface area contributed by atoms with Crippen LogP contribution in [0.2, 0.25) is 0 Å². The number of carboxylic acid groups (broad SMARTS) is 1. The van der Waals surface area contributed by atoms with Crippen LogP contribution in [0, 0.1) is 5.92 Å². The van der Waals surface area contributed by atoms with E-state index in [4.69, 9.17) is 15.3 Å². The van der Waals surface area contributed by atoms with Gasteiger partial charge in [-0.2, -0.15) is 0 Å². The molecule has 0 aromatic carbocycles. The van der Waals surface area contributed by atoms with Gasteiger partial charge < -0.3 is 20.4 Å². The van der Waals surface area contributed by atoms with Crippen LogP contribution in [0.15, 0.2) is 4.42 Å². The number of carbonyl (C=O) groups is 1. The van der Waals surface area contributed by atoms with Gasteiger partial charge in [0.25, 0.3) is 0 Å². The number of unbranched alkanes of at least 4 members (excludes halogenated alkanes) is 6. The van der Waals surface area contributed by atoms with Gasteiger partial charge in [-0.1, -0.05) is 52.4 Å². The van der Waals surface area contributed by atoms with E-state index in [2.05, 4.69) is 17.1 Å². The summed E-state index contributed by atoms with van der Waals surface area (Å²) in [5.41, 5.74) is 4.12. The van der Waals surface area contributed by atoms with E-state index < -0.39 is 24.0 Å². The number of aliphatic hydroxyl groups is 1. The summed E-state index contributed by atoms with van der Waals surface area (Å²) in [6.07, 6.45) is 10.3. The Morgan fingerprint density at radius 2 is 1.68 bits per heavy atom. The van der Waals surface area contributed by atoms with Crippen LogP contribution in [0.3, 0.4) is 0 Å². The zero-order valence-corrected chi connectivity index (χ0v) is 15.5. The molecule has 25 heavy (non-hydrogen) atoms. The minimum Gasteiger partial charge on any atom is -0.480 e. The van der Waals surface area contributed by atoms with E-state index in [1.54, 1.807) is 6.92 Å². The van der Waals surface area contributed by atoms with Crippen molar-refractivity contribution in [1.82, 2.24) is 10.2 Å². The summed E-state index contributed by atoms with van der Waals surface area (Å²) >= 11 is 0. The molecule has 0 aliphatic carbocycles. The Morgan fingerprint density at radius 1 is 1.12 bits per heavy atom. The van der Waals surface area contributed by atoms with Crippen molar-refractivity contribution < 1.29 is 19.4 Å². The molecule has 7 nitrogen and oxygen atoms in total. The lowest BCUT2D eigenvalue weighted by atomic mass is 9.83. The van der Waals surface area contributed by atoms with Gasteiger partial charge in [0.05, 0.1) is 6.61 Å². The minimum atomic E-state index is -1.64. The lowest BCUT2D eigenvalue weighted by Crippen LogP contribution is -2.56. The van der Waals surface area contributed by atoms with E-state index in [0.717, 1.165) is 12.8 Å². The zero-order chi connectivity index (χ0) is 18.7. The SMILES string of the molecule is CCCCCCCCCc1nnc(CCC(C)C(N)(CO)C(=O)O)o1. The van der Waals surface area contributed by atoms with Crippen molar-refractivity contribution in [3.8, 4) is 0 Å². The number of hydrogen-bond acceptors (Lipinski definition) is 6. The second kappa shape index (κ2) is 11.2. The zero-order valence-electron chi connectivity index (χ0n) is 15.5. The highest BCUT2D eigenvalue weighted by Gasteiger charge is 2.39. The Kier molecular flexibility index (Phi) is 9.67. The van der Waals surface area contributed by atoms with Crippen molar-refractivity contribution in [2.45, 2.75) is 83.6 Å². The molecule has 144 valence electrons. The molecule has 0 saturated carbocycles. The molecule has 4 N–H and O–H groups in total. The number of aromatic nitrogens is 2. The predicted octanol–water partition coefficient (Wildman–Crippen LogP) is 2.71. The van der Waals surface area contributed by atoms with Crippen molar-refractivity contribution in [3.63, 3.8) is 0 Å². The summed E-state index contributed by atoms with van der Waals surface area (Å²) in [6, 6.07) is 0. The molecule has 2 unspecified atom stereocenters. The quantitative estimate of drug-likeness (QED) is 0.438. The van der Waals surface area contributed by atoms with Gasteiger partial charge in [0.15, 0.2) is 0 Å². The number of nitrogens with two attached hydrogens (primary N) is 1. The molecular formula is C18H33N3O4. The third-order valence-corrected chi connectivity index (χ3v) is 4.83. The number of aliphatic hydroxyl groups excluding tert-OH is 1. The average molecular weight is 355 g/mol. The topological polar surface area (TPSA) is 122 Å². The molecule has 0 aliphatic heterocycles. The Hall–Kier alpha value is -1.47. The summed E-state index contributed by atoms with van der Waals surface area (Å²) in [4.78, 5) is 11.2. The summed E-state index contributed by atoms with van der Waals surface area (Å²) in [7, 11) is 0. The monoisotopic (exact) mass is 355 g/mol. The molecule has 0 amide bonds. The van der Waals surface area contributed by atoms with Gasteiger partial charge in [-0.05, 0) is 18.8 Å². The Morgan fingerprint density at radius 3 is 2.24 bits per heavy atom. The van der Waals surface area contributed by atoms with E-state index in [1.165, 1.54) is 38.5 Å². The second-order valence-electron chi connectivity index (χ2n) is 6.90. The summed E-state index contributed by atoms with van der Waals surface area (Å²) in [5.74, 6) is -0.479. The van der Waals surface area contributed by atoms with Crippen LogP contribution in [-0.2, 0) is 17.6 Å². The number of carboxylic acids is 1. The summed E-state index contributed by atoms with van der Waals surface area (Å²) < 4.78 is 5.61. The molecule has 0 fully saturated rings. The maximum atomic E-state index is 11.2. The molecule has 1 rings (SSSR count). The van der Waals surface area contributed by atoms with Crippen LogP contribution in [0.4, 0.5) is 0 Å². The molecule has 0 bridgehead atoms. The molecule has 0 saturated heterocycles. The van der Waals surface area contributed by atoms with Crippen molar-refractivity contribution in [2.24, 2.45) is 11.7 Å². The highest BCUT2D eigenvalue weighted by molar-refractivity contribution is 5.79. The third-order valence-electron chi connectivity index (χ3n) is 4.83. The normalized spacial score (nSPS) is 15.0. The van der Waals surface area contributed by atoms with Crippen molar-refractivity contribution in [2.75, 3.05) is 6.61 Å². The lowest BCUT2D eigenvalue weighted by Gasteiger charge is -2.28. The number of aliphatic carboxylic acids is 1. The summed E-state index contributed by atoms with van der Waals surface area (Å²) in [6.45, 7) is 3.32. The molecule has 7 heteroatoms. The van der Waals surface area contributed by atoms with Crippen LogP contribution in [0.5, 0.6) is 0 Å². The van der Waals surface area contributed by atoms with Gasteiger partial charge >= 0.3 is 5.97 Å². The van der Waals surface area contributed by atoms with Crippen LogP contribution < -0.4 is 5.73 Å². The average Bonchev–Trinajstić information content (AvgIpc) is 3.05. The highest BCUT2D eigenvalue weighted by atomic mass is 16.4. The Labute approximate surface area is 150 Å².